The number of halogens is 2. The van der Waals surface area contributed by atoms with Crippen molar-refractivity contribution in [2.24, 2.45) is 0 Å². The second kappa shape index (κ2) is 9.02. The molecule has 5 heteroatoms. The van der Waals surface area contributed by atoms with Crippen LogP contribution in [0.1, 0.15) is 95.0 Å². The molecule has 0 saturated heterocycles. The van der Waals surface area contributed by atoms with E-state index in [-0.39, 0.29) is 30.4 Å². The predicted octanol–water partition coefficient (Wildman–Crippen LogP) is 9.07. The molecule has 4 aromatic carbocycles. The van der Waals surface area contributed by atoms with Crippen molar-refractivity contribution in [3.05, 3.63) is 94.5 Å². The molecule has 2 nitrogen and oxygen atoms in total. The maximum absolute atomic E-state index is 18.1. The summed E-state index contributed by atoms with van der Waals surface area (Å²) in [4.78, 5) is 4.20. The van der Waals surface area contributed by atoms with Crippen LogP contribution in [-0.2, 0) is 16.5 Å². The van der Waals surface area contributed by atoms with Crippen molar-refractivity contribution in [1.82, 2.24) is 0 Å². The van der Waals surface area contributed by atoms with E-state index in [0.717, 1.165) is 50.5 Å². The van der Waals surface area contributed by atoms with Crippen molar-refractivity contribution in [2.75, 3.05) is 9.80 Å². The highest BCUT2D eigenvalue weighted by Gasteiger charge is 2.68. The van der Waals surface area contributed by atoms with Gasteiger partial charge in [0.05, 0.1) is 0 Å². The summed E-state index contributed by atoms with van der Waals surface area (Å²) >= 11 is 0. The lowest BCUT2D eigenvalue weighted by Gasteiger charge is -2.48. The third kappa shape index (κ3) is 3.79. The minimum Gasteiger partial charge on any atom is -0.311 e. The Kier molecular flexibility index (Phi) is 5.78. The maximum atomic E-state index is 18.1. The SMILES string of the molecule is Cc1ccc(N2c3ccc(C)cc3B3c4cc(C(C)(C)C)cc5c4N(c4cc(C(C)(C)C)cc2c43)C2(F)CCCCC52F)cc1. The van der Waals surface area contributed by atoms with Gasteiger partial charge in [0.25, 0.3) is 6.71 Å². The number of benzene rings is 4. The summed E-state index contributed by atoms with van der Waals surface area (Å²) in [5, 5.41) is 0. The molecule has 1 saturated carbocycles. The molecule has 0 radical (unpaired) electrons. The third-order valence-corrected chi connectivity index (χ3v) is 11.0. The lowest BCUT2D eigenvalue weighted by atomic mass is 9.33. The highest BCUT2D eigenvalue weighted by Crippen LogP contribution is 2.64. The molecule has 2 atom stereocenters. The molecule has 45 heavy (non-hydrogen) atoms. The van der Waals surface area contributed by atoms with Crippen LogP contribution in [0.3, 0.4) is 0 Å². The van der Waals surface area contributed by atoms with Crippen LogP contribution in [0.2, 0.25) is 0 Å². The van der Waals surface area contributed by atoms with Crippen LogP contribution in [0.15, 0.2) is 66.7 Å². The first-order chi connectivity index (χ1) is 21.1. The van der Waals surface area contributed by atoms with E-state index in [2.05, 4.69) is 121 Å². The van der Waals surface area contributed by atoms with Crippen molar-refractivity contribution in [3.63, 3.8) is 0 Å². The molecule has 1 fully saturated rings. The molecule has 0 amide bonds. The Bertz CT molecular complexity index is 1900. The maximum Gasteiger partial charge on any atom is 0.252 e. The zero-order chi connectivity index (χ0) is 31.8. The zero-order valence-corrected chi connectivity index (χ0v) is 27.9. The lowest BCUT2D eigenvalue weighted by molar-refractivity contribution is -0.0615. The van der Waals surface area contributed by atoms with Gasteiger partial charge in [0.2, 0.25) is 5.79 Å². The Morgan fingerprint density at radius 1 is 0.667 bits per heavy atom. The van der Waals surface area contributed by atoms with Crippen LogP contribution in [0, 0.1) is 13.8 Å². The smallest absolute Gasteiger partial charge is 0.252 e. The van der Waals surface area contributed by atoms with E-state index in [1.165, 1.54) is 16.6 Å². The van der Waals surface area contributed by atoms with E-state index in [1.54, 1.807) is 0 Å². The first-order valence-corrected chi connectivity index (χ1v) is 16.7. The van der Waals surface area contributed by atoms with Crippen molar-refractivity contribution < 1.29 is 8.78 Å². The molecular weight excluding hydrogens is 557 g/mol. The molecular formula is C40H43BF2N2. The molecule has 4 aromatic rings. The van der Waals surface area contributed by atoms with E-state index < -0.39 is 11.5 Å². The number of aryl methyl sites for hydroxylation is 2. The van der Waals surface area contributed by atoms with Crippen LogP contribution >= 0.6 is 0 Å². The van der Waals surface area contributed by atoms with Gasteiger partial charge in [0.15, 0.2) is 5.67 Å². The van der Waals surface area contributed by atoms with Gasteiger partial charge >= 0.3 is 0 Å². The predicted molar refractivity (Wildman–Crippen MR) is 186 cm³/mol. The Hall–Kier alpha value is -3.60. The van der Waals surface area contributed by atoms with Crippen LogP contribution in [0.5, 0.6) is 0 Å². The molecule has 0 aromatic heterocycles. The summed E-state index contributed by atoms with van der Waals surface area (Å²) in [5.74, 6) is -2.14. The summed E-state index contributed by atoms with van der Waals surface area (Å²) in [6.07, 6.45) is 1.75. The van der Waals surface area contributed by atoms with Crippen LogP contribution in [-0.4, -0.2) is 12.5 Å². The average Bonchev–Trinajstić information content (AvgIpc) is 3.18. The van der Waals surface area contributed by atoms with Gasteiger partial charge in [-0.1, -0.05) is 83.0 Å². The number of nitrogens with zero attached hydrogens (tertiary/aromatic N) is 2. The molecule has 1 aliphatic carbocycles. The van der Waals surface area contributed by atoms with Crippen LogP contribution < -0.4 is 26.2 Å². The summed E-state index contributed by atoms with van der Waals surface area (Å²) in [6.45, 7) is 17.3. The number of hydrogen-bond donors (Lipinski definition) is 0. The average molecular weight is 601 g/mol. The number of rotatable bonds is 1. The van der Waals surface area contributed by atoms with E-state index in [0.29, 0.717) is 18.4 Å². The van der Waals surface area contributed by atoms with E-state index in [1.807, 2.05) is 11.0 Å². The molecule has 2 unspecified atom stereocenters. The van der Waals surface area contributed by atoms with Gasteiger partial charge in [-0.3, -0.25) is 0 Å². The highest BCUT2D eigenvalue weighted by atomic mass is 19.2. The largest absolute Gasteiger partial charge is 0.311 e. The fraction of sp³-hybridized carbons (Fsp3) is 0.400. The van der Waals surface area contributed by atoms with Crippen LogP contribution in [0.4, 0.5) is 37.2 Å². The van der Waals surface area contributed by atoms with Crippen molar-refractivity contribution in [2.45, 2.75) is 103 Å². The number of hydrogen-bond acceptors (Lipinski definition) is 2. The highest BCUT2D eigenvalue weighted by molar-refractivity contribution is 7.00. The third-order valence-electron chi connectivity index (χ3n) is 11.0. The molecule has 230 valence electrons. The van der Waals surface area contributed by atoms with Gasteiger partial charge in [-0.25, -0.2) is 8.78 Å². The quantitative estimate of drug-likeness (QED) is 0.140. The fourth-order valence-electron chi connectivity index (χ4n) is 8.51. The summed E-state index contributed by atoms with van der Waals surface area (Å²) in [7, 11) is 0. The van der Waals surface area contributed by atoms with Gasteiger partial charge in [0, 0.05) is 40.4 Å². The molecule has 0 bridgehead atoms. The number of alkyl halides is 2. The lowest BCUT2D eigenvalue weighted by Crippen LogP contribution is -2.64. The second-order valence-corrected chi connectivity index (χ2v) is 16.2. The number of fused-ring (bicyclic) bond motifs is 7. The normalized spacial score (nSPS) is 23.0. The monoisotopic (exact) mass is 600 g/mol. The Morgan fingerprint density at radius 2 is 1.29 bits per heavy atom. The molecule has 0 spiro atoms. The summed E-state index contributed by atoms with van der Waals surface area (Å²) in [6, 6.07) is 24.2. The first-order valence-electron chi connectivity index (χ1n) is 16.7. The second-order valence-electron chi connectivity index (χ2n) is 16.2. The van der Waals surface area contributed by atoms with E-state index in [9.17, 15) is 0 Å². The van der Waals surface area contributed by atoms with Gasteiger partial charge in [-0.05, 0) is 108 Å². The van der Waals surface area contributed by atoms with Gasteiger partial charge in [-0.2, -0.15) is 0 Å². The molecule has 3 heterocycles. The molecule has 0 N–H and O–H groups in total. The summed E-state index contributed by atoms with van der Waals surface area (Å²) in [5.41, 5.74) is 10.8. The van der Waals surface area contributed by atoms with Crippen molar-refractivity contribution >= 4 is 51.5 Å². The molecule has 4 aliphatic rings. The Balaban J connectivity index is 1.55. The van der Waals surface area contributed by atoms with Crippen molar-refractivity contribution in [3.8, 4) is 0 Å². The molecule has 8 rings (SSSR count). The van der Waals surface area contributed by atoms with E-state index >= 15 is 8.78 Å². The molecule has 3 aliphatic heterocycles. The summed E-state index contributed by atoms with van der Waals surface area (Å²) < 4.78 is 35.9. The minimum absolute atomic E-state index is 0.139. The standard InChI is InChI=1S/C40H43BF2N2/c1-24-11-14-28(15-12-24)44-32-16-13-25(2)19-30(32)41-31-21-26(37(3,4)5)20-29-36(31)45(40(43)18-10-9-17-39(29,40)42)34-23-27(38(6,7)8)22-33(44)35(34)41/h11-16,19-23H,9-10,17-18H2,1-8H3. The zero-order valence-electron chi connectivity index (χ0n) is 27.9. The van der Waals surface area contributed by atoms with Crippen LogP contribution in [0.25, 0.3) is 0 Å². The van der Waals surface area contributed by atoms with Gasteiger partial charge in [-0.15, -0.1) is 0 Å². The van der Waals surface area contributed by atoms with Gasteiger partial charge < -0.3 is 9.80 Å². The van der Waals surface area contributed by atoms with E-state index in [4.69, 9.17) is 0 Å². The minimum atomic E-state index is -2.14. The number of anilines is 5. The van der Waals surface area contributed by atoms with Crippen molar-refractivity contribution in [1.29, 1.82) is 0 Å². The Labute approximate surface area is 267 Å². The topological polar surface area (TPSA) is 6.48 Å². The Morgan fingerprint density at radius 3 is 1.98 bits per heavy atom. The fourth-order valence-corrected chi connectivity index (χ4v) is 8.51. The first kappa shape index (κ1) is 28.8. The van der Waals surface area contributed by atoms with Gasteiger partial charge in [0.1, 0.15) is 0 Å².